The van der Waals surface area contributed by atoms with Gasteiger partial charge in [-0.15, -0.1) is 0 Å². The van der Waals surface area contributed by atoms with E-state index in [9.17, 15) is 9.59 Å². The van der Waals surface area contributed by atoms with Gasteiger partial charge in [-0.25, -0.2) is 0 Å². The number of benzene rings is 2. The number of amides is 2. The molecular weight excluding hydrogens is 383 g/mol. The zero-order chi connectivity index (χ0) is 19.0. The van der Waals surface area contributed by atoms with Gasteiger partial charge in [0.15, 0.2) is 0 Å². The number of halogens is 2. The summed E-state index contributed by atoms with van der Waals surface area (Å²) < 4.78 is 0. The quantitative estimate of drug-likeness (QED) is 0.845. The highest BCUT2D eigenvalue weighted by atomic mass is 35.5. The molecule has 27 heavy (non-hydrogen) atoms. The molecule has 1 aliphatic heterocycles. The number of carbonyl (C=O) groups excluding carboxylic acids is 2. The topological polar surface area (TPSA) is 49.4 Å². The molecule has 4 rings (SSSR count). The van der Waals surface area contributed by atoms with Crippen LogP contribution in [0.15, 0.2) is 42.5 Å². The Kier molecular flexibility index (Phi) is 5.11. The second-order valence-electron chi connectivity index (χ2n) is 7.14. The van der Waals surface area contributed by atoms with Crippen molar-refractivity contribution < 1.29 is 9.59 Å². The largest absolute Gasteiger partial charge is 0.347 e. The summed E-state index contributed by atoms with van der Waals surface area (Å²) in [5.41, 5.74) is 3.38. The summed E-state index contributed by atoms with van der Waals surface area (Å²) in [6.07, 6.45) is 1.59. The number of carbonyl (C=O) groups is 2. The second kappa shape index (κ2) is 7.53. The van der Waals surface area contributed by atoms with Gasteiger partial charge in [0.2, 0.25) is 11.8 Å². The lowest BCUT2D eigenvalue weighted by Crippen LogP contribution is -2.43. The number of nitrogens with one attached hydrogen (secondary N) is 1. The predicted molar refractivity (Wildman–Crippen MR) is 106 cm³/mol. The minimum absolute atomic E-state index is 0.0352. The highest BCUT2D eigenvalue weighted by molar-refractivity contribution is 6.42. The Labute approximate surface area is 168 Å². The minimum Gasteiger partial charge on any atom is -0.347 e. The number of hydrogen-bond acceptors (Lipinski definition) is 2. The van der Waals surface area contributed by atoms with Crippen LogP contribution in [0, 0.1) is 5.92 Å². The van der Waals surface area contributed by atoms with E-state index in [0.717, 1.165) is 18.4 Å². The van der Waals surface area contributed by atoms with Crippen LogP contribution < -0.4 is 5.32 Å². The van der Waals surface area contributed by atoms with Gasteiger partial charge in [0.05, 0.1) is 16.6 Å². The molecule has 2 atom stereocenters. The molecule has 2 aliphatic rings. The molecule has 2 amide bonds. The van der Waals surface area contributed by atoms with Gasteiger partial charge in [-0.3, -0.25) is 9.59 Å². The lowest BCUT2D eigenvalue weighted by Gasteiger charge is -2.29. The van der Waals surface area contributed by atoms with E-state index in [1.807, 2.05) is 24.3 Å². The molecule has 2 aromatic rings. The summed E-state index contributed by atoms with van der Waals surface area (Å²) in [6.45, 7) is 1.33. The number of rotatable bonds is 4. The van der Waals surface area contributed by atoms with E-state index < -0.39 is 0 Å². The third kappa shape index (κ3) is 3.83. The van der Waals surface area contributed by atoms with E-state index in [1.165, 1.54) is 11.1 Å². The standard InChI is InChI=1S/C21H20Cl2N2O2/c22-18-7-3-6-15(20(18)23)16-10-17(16)21(27)24-11-19(26)25-9-8-13-4-1-2-5-14(13)12-25/h1-7,16-17H,8-12H2,(H,24,27). The lowest BCUT2D eigenvalue weighted by molar-refractivity contribution is -0.133. The molecule has 2 aromatic carbocycles. The Morgan fingerprint density at radius 2 is 1.85 bits per heavy atom. The second-order valence-corrected chi connectivity index (χ2v) is 7.93. The number of nitrogens with zero attached hydrogens (tertiary/aromatic N) is 1. The van der Waals surface area contributed by atoms with Crippen molar-refractivity contribution in [1.29, 1.82) is 0 Å². The first-order chi connectivity index (χ1) is 13.0. The van der Waals surface area contributed by atoms with Crippen LogP contribution in [0.5, 0.6) is 0 Å². The number of fused-ring (bicyclic) bond motifs is 1. The Hall–Kier alpha value is -2.04. The molecule has 0 radical (unpaired) electrons. The zero-order valence-electron chi connectivity index (χ0n) is 14.8. The van der Waals surface area contributed by atoms with Gasteiger partial charge in [-0.1, -0.05) is 59.6 Å². The van der Waals surface area contributed by atoms with E-state index >= 15 is 0 Å². The Morgan fingerprint density at radius 3 is 2.67 bits per heavy atom. The highest BCUT2D eigenvalue weighted by Crippen LogP contribution is 2.50. The van der Waals surface area contributed by atoms with E-state index in [0.29, 0.717) is 23.1 Å². The molecule has 0 spiro atoms. The molecule has 1 heterocycles. The third-order valence-electron chi connectivity index (χ3n) is 5.41. The van der Waals surface area contributed by atoms with Crippen LogP contribution in [0.25, 0.3) is 0 Å². The van der Waals surface area contributed by atoms with Crippen molar-refractivity contribution >= 4 is 35.0 Å². The average Bonchev–Trinajstić information content (AvgIpc) is 3.48. The van der Waals surface area contributed by atoms with Crippen molar-refractivity contribution in [1.82, 2.24) is 10.2 Å². The van der Waals surface area contributed by atoms with Gasteiger partial charge >= 0.3 is 0 Å². The van der Waals surface area contributed by atoms with Gasteiger partial charge in [0.1, 0.15) is 0 Å². The average molecular weight is 403 g/mol. The maximum atomic E-state index is 12.5. The molecule has 4 nitrogen and oxygen atoms in total. The van der Waals surface area contributed by atoms with Crippen LogP contribution in [0.4, 0.5) is 0 Å². The molecule has 0 aromatic heterocycles. The van der Waals surface area contributed by atoms with Crippen molar-refractivity contribution in [2.24, 2.45) is 5.92 Å². The van der Waals surface area contributed by atoms with Crippen molar-refractivity contribution in [2.75, 3.05) is 13.1 Å². The normalized spacial score (nSPS) is 20.7. The predicted octanol–water partition coefficient (Wildman–Crippen LogP) is 3.80. The zero-order valence-corrected chi connectivity index (χ0v) is 16.3. The summed E-state index contributed by atoms with van der Waals surface area (Å²) in [4.78, 5) is 26.7. The van der Waals surface area contributed by atoms with E-state index in [1.54, 1.807) is 11.0 Å². The van der Waals surface area contributed by atoms with Gasteiger partial charge in [0.25, 0.3) is 0 Å². The van der Waals surface area contributed by atoms with Gasteiger partial charge in [0, 0.05) is 19.0 Å². The van der Waals surface area contributed by atoms with E-state index in [2.05, 4.69) is 17.4 Å². The Morgan fingerprint density at radius 1 is 1.07 bits per heavy atom. The van der Waals surface area contributed by atoms with Gasteiger partial charge < -0.3 is 10.2 Å². The Balaban J connectivity index is 1.30. The van der Waals surface area contributed by atoms with Gasteiger partial charge in [-0.05, 0) is 41.5 Å². The molecule has 1 aliphatic carbocycles. The molecule has 0 bridgehead atoms. The van der Waals surface area contributed by atoms with Crippen LogP contribution in [0.3, 0.4) is 0 Å². The van der Waals surface area contributed by atoms with E-state index in [-0.39, 0.29) is 30.2 Å². The monoisotopic (exact) mass is 402 g/mol. The van der Waals surface area contributed by atoms with Crippen LogP contribution in [0.2, 0.25) is 10.0 Å². The minimum atomic E-state index is -0.143. The van der Waals surface area contributed by atoms with Gasteiger partial charge in [-0.2, -0.15) is 0 Å². The first-order valence-corrected chi connectivity index (χ1v) is 9.86. The molecular formula is C21H20Cl2N2O2. The Bertz CT molecular complexity index is 900. The maximum Gasteiger partial charge on any atom is 0.242 e. The molecule has 1 fully saturated rings. The summed E-state index contributed by atoms with van der Waals surface area (Å²) in [5.74, 6) is -0.207. The van der Waals surface area contributed by atoms with Crippen molar-refractivity contribution in [3.8, 4) is 0 Å². The van der Waals surface area contributed by atoms with Crippen LogP contribution in [-0.4, -0.2) is 29.8 Å². The summed E-state index contributed by atoms with van der Waals surface area (Å²) >= 11 is 12.3. The van der Waals surface area contributed by atoms with Crippen LogP contribution in [0.1, 0.15) is 29.0 Å². The molecule has 2 unspecified atom stereocenters. The fourth-order valence-corrected chi connectivity index (χ4v) is 4.20. The summed E-state index contributed by atoms with van der Waals surface area (Å²) in [6, 6.07) is 13.7. The van der Waals surface area contributed by atoms with Crippen LogP contribution >= 0.6 is 23.2 Å². The molecule has 140 valence electrons. The van der Waals surface area contributed by atoms with Crippen molar-refractivity contribution in [2.45, 2.75) is 25.3 Å². The highest BCUT2D eigenvalue weighted by Gasteiger charge is 2.45. The smallest absolute Gasteiger partial charge is 0.242 e. The molecule has 0 saturated heterocycles. The van der Waals surface area contributed by atoms with Crippen LogP contribution in [-0.2, 0) is 22.6 Å². The summed E-state index contributed by atoms with van der Waals surface area (Å²) in [7, 11) is 0. The fraction of sp³-hybridized carbons (Fsp3) is 0.333. The first kappa shape index (κ1) is 18.3. The molecule has 1 saturated carbocycles. The molecule has 6 heteroatoms. The fourth-order valence-electron chi connectivity index (χ4n) is 3.75. The van der Waals surface area contributed by atoms with E-state index in [4.69, 9.17) is 23.2 Å². The third-order valence-corrected chi connectivity index (χ3v) is 6.24. The maximum absolute atomic E-state index is 12.5. The summed E-state index contributed by atoms with van der Waals surface area (Å²) in [5, 5.41) is 3.81. The number of hydrogen-bond donors (Lipinski definition) is 1. The lowest BCUT2D eigenvalue weighted by atomic mass is 10.00. The first-order valence-electron chi connectivity index (χ1n) is 9.11. The van der Waals surface area contributed by atoms with Crippen molar-refractivity contribution in [3.05, 3.63) is 69.2 Å². The van der Waals surface area contributed by atoms with Crippen molar-refractivity contribution in [3.63, 3.8) is 0 Å². The SMILES string of the molecule is O=C(NCC(=O)N1CCc2ccccc2C1)C1CC1c1cccc(Cl)c1Cl. The molecule has 1 N–H and O–H groups in total.